The molecule has 0 bridgehead atoms. The fraction of sp³-hybridized carbons (Fsp3) is 0.278. The van der Waals surface area contributed by atoms with Gasteiger partial charge in [0, 0.05) is 13.1 Å². The van der Waals surface area contributed by atoms with Crippen LogP contribution in [0.3, 0.4) is 0 Å². The molecule has 3 heteroatoms. The number of carbonyl (C=O) groups excluding carboxylic acids is 1. The number of fused-ring (bicyclic) bond motifs is 1. The van der Waals surface area contributed by atoms with Gasteiger partial charge in [-0.3, -0.25) is 4.79 Å². The Morgan fingerprint density at radius 2 is 1.86 bits per heavy atom. The average molecular weight is 280 g/mol. The Bertz CT molecular complexity index is 634. The number of carbonyl (C=O) groups is 1. The summed E-state index contributed by atoms with van der Waals surface area (Å²) in [5.41, 5.74) is 4.92. The highest BCUT2D eigenvalue weighted by Crippen LogP contribution is 2.16. The minimum Gasteiger partial charge on any atom is -0.351 e. The molecule has 2 aromatic rings. The maximum atomic E-state index is 12.3. The molecule has 2 aromatic carbocycles. The van der Waals surface area contributed by atoms with Crippen LogP contribution < -0.4 is 10.6 Å². The molecule has 3 nitrogen and oxygen atoms in total. The molecule has 1 unspecified atom stereocenters. The van der Waals surface area contributed by atoms with Gasteiger partial charge in [0.25, 0.3) is 0 Å². The maximum absolute atomic E-state index is 12.3. The van der Waals surface area contributed by atoms with Crippen LogP contribution in [0.25, 0.3) is 0 Å². The number of benzene rings is 2. The van der Waals surface area contributed by atoms with E-state index in [1.807, 2.05) is 12.1 Å². The topological polar surface area (TPSA) is 41.1 Å². The minimum absolute atomic E-state index is 0.0741. The molecular formula is C18H20N2O. The summed E-state index contributed by atoms with van der Waals surface area (Å²) in [5, 5.41) is 6.33. The van der Waals surface area contributed by atoms with Gasteiger partial charge in [-0.2, -0.15) is 0 Å². The van der Waals surface area contributed by atoms with Crippen molar-refractivity contribution in [3.63, 3.8) is 0 Å². The quantitative estimate of drug-likeness (QED) is 0.906. The molecule has 3 rings (SSSR count). The molecule has 21 heavy (non-hydrogen) atoms. The van der Waals surface area contributed by atoms with Crippen molar-refractivity contribution in [1.82, 2.24) is 10.6 Å². The molecular weight excluding hydrogens is 260 g/mol. The molecule has 1 aliphatic heterocycles. The summed E-state index contributed by atoms with van der Waals surface area (Å²) in [6, 6.07) is 16.4. The third kappa shape index (κ3) is 3.31. The van der Waals surface area contributed by atoms with Gasteiger partial charge >= 0.3 is 0 Å². The molecule has 0 saturated heterocycles. The predicted molar refractivity (Wildman–Crippen MR) is 83.8 cm³/mol. The van der Waals surface area contributed by atoms with E-state index in [9.17, 15) is 4.79 Å². The first kappa shape index (κ1) is 13.8. The summed E-state index contributed by atoms with van der Waals surface area (Å²) in [6.07, 6.45) is 0.760. The number of hydrogen-bond donors (Lipinski definition) is 2. The Morgan fingerprint density at radius 1 is 1.14 bits per heavy atom. The van der Waals surface area contributed by atoms with Gasteiger partial charge in [-0.25, -0.2) is 0 Å². The molecule has 1 atom stereocenters. The predicted octanol–water partition coefficient (Wildman–Crippen LogP) is 2.33. The van der Waals surface area contributed by atoms with Crippen LogP contribution in [0.15, 0.2) is 48.5 Å². The van der Waals surface area contributed by atoms with E-state index in [1.54, 1.807) is 0 Å². The van der Waals surface area contributed by atoms with E-state index in [-0.39, 0.29) is 11.9 Å². The summed E-state index contributed by atoms with van der Waals surface area (Å²) >= 11 is 0. The normalized spacial score (nSPS) is 17.1. The van der Waals surface area contributed by atoms with Gasteiger partial charge in [-0.15, -0.1) is 0 Å². The van der Waals surface area contributed by atoms with Crippen molar-refractivity contribution in [2.75, 3.05) is 0 Å². The number of hydrogen-bond acceptors (Lipinski definition) is 2. The average Bonchev–Trinajstić information content (AvgIpc) is 2.53. The van der Waals surface area contributed by atoms with E-state index >= 15 is 0 Å². The molecule has 1 amide bonds. The Kier molecular flexibility index (Phi) is 4.02. The molecule has 0 spiro atoms. The molecule has 0 aliphatic carbocycles. The van der Waals surface area contributed by atoms with Crippen LogP contribution in [-0.4, -0.2) is 11.9 Å². The maximum Gasteiger partial charge on any atom is 0.237 e. The number of nitrogens with one attached hydrogen (secondary N) is 2. The largest absolute Gasteiger partial charge is 0.351 e. The molecule has 0 aromatic heterocycles. The number of rotatable bonds is 3. The lowest BCUT2D eigenvalue weighted by molar-refractivity contribution is -0.123. The summed E-state index contributed by atoms with van der Waals surface area (Å²) in [4.78, 5) is 12.3. The van der Waals surface area contributed by atoms with E-state index in [1.165, 1.54) is 16.7 Å². The summed E-state index contributed by atoms with van der Waals surface area (Å²) < 4.78 is 0. The first-order valence-electron chi connectivity index (χ1n) is 7.36. The van der Waals surface area contributed by atoms with Gasteiger partial charge in [0.05, 0.1) is 6.04 Å². The molecule has 2 N–H and O–H groups in total. The van der Waals surface area contributed by atoms with Gasteiger partial charge in [0.1, 0.15) is 0 Å². The second-order valence-corrected chi connectivity index (χ2v) is 5.61. The fourth-order valence-electron chi connectivity index (χ4n) is 2.66. The van der Waals surface area contributed by atoms with Crippen LogP contribution in [-0.2, 0) is 24.3 Å². The lowest BCUT2D eigenvalue weighted by Crippen LogP contribution is -2.47. The highest BCUT2D eigenvalue weighted by molar-refractivity contribution is 5.82. The molecule has 1 aliphatic rings. The molecule has 0 fully saturated rings. The molecule has 1 heterocycles. The van der Waals surface area contributed by atoms with Crippen LogP contribution in [0, 0.1) is 6.92 Å². The zero-order valence-electron chi connectivity index (χ0n) is 12.2. The Morgan fingerprint density at radius 3 is 2.62 bits per heavy atom. The molecule has 0 saturated carbocycles. The van der Waals surface area contributed by atoms with E-state index < -0.39 is 0 Å². The SMILES string of the molecule is Cc1ccc(CNC(=O)C2Cc3ccccc3CN2)cc1. The van der Waals surface area contributed by atoms with Crippen molar-refractivity contribution < 1.29 is 4.79 Å². The Hall–Kier alpha value is -2.13. The monoisotopic (exact) mass is 280 g/mol. The molecule has 108 valence electrons. The highest BCUT2D eigenvalue weighted by Gasteiger charge is 2.23. The van der Waals surface area contributed by atoms with Crippen molar-refractivity contribution in [1.29, 1.82) is 0 Å². The second kappa shape index (κ2) is 6.10. The van der Waals surface area contributed by atoms with Crippen LogP contribution >= 0.6 is 0 Å². The standard InChI is InChI=1S/C18H20N2O/c1-13-6-8-14(9-7-13)11-20-18(21)17-10-15-4-2-3-5-16(15)12-19-17/h2-9,17,19H,10-12H2,1H3,(H,20,21). The fourth-order valence-corrected chi connectivity index (χ4v) is 2.66. The molecule has 0 radical (unpaired) electrons. The third-order valence-electron chi connectivity index (χ3n) is 3.99. The lowest BCUT2D eigenvalue weighted by atomic mass is 9.95. The number of aryl methyl sites for hydroxylation is 1. The smallest absolute Gasteiger partial charge is 0.237 e. The van der Waals surface area contributed by atoms with E-state index in [0.717, 1.165) is 18.5 Å². The van der Waals surface area contributed by atoms with Crippen molar-refractivity contribution in [3.05, 3.63) is 70.8 Å². The first-order valence-corrected chi connectivity index (χ1v) is 7.36. The summed E-state index contributed by atoms with van der Waals surface area (Å²) in [6.45, 7) is 3.41. The second-order valence-electron chi connectivity index (χ2n) is 5.61. The van der Waals surface area contributed by atoms with Crippen LogP contribution in [0.5, 0.6) is 0 Å². The zero-order chi connectivity index (χ0) is 14.7. The van der Waals surface area contributed by atoms with Gasteiger partial charge < -0.3 is 10.6 Å². The van der Waals surface area contributed by atoms with Gasteiger partial charge in [-0.05, 0) is 30.0 Å². The van der Waals surface area contributed by atoms with Gasteiger partial charge in [-0.1, -0.05) is 54.1 Å². The van der Waals surface area contributed by atoms with E-state index in [2.05, 4.69) is 54.0 Å². The van der Waals surface area contributed by atoms with Crippen molar-refractivity contribution in [3.8, 4) is 0 Å². The van der Waals surface area contributed by atoms with Crippen LogP contribution in [0.4, 0.5) is 0 Å². The highest BCUT2D eigenvalue weighted by atomic mass is 16.2. The zero-order valence-corrected chi connectivity index (χ0v) is 12.2. The van der Waals surface area contributed by atoms with Crippen molar-refractivity contribution >= 4 is 5.91 Å². The Balaban J connectivity index is 1.58. The summed E-state index contributed by atoms with van der Waals surface area (Å²) in [7, 11) is 0. The van der Waals surface area contributed by atoms with Gasteiger partial charge in [0.15, 0.2) is 0 Å². The first-order chi connectivity index (χ1) is 10.2. The van der Waals surface area contributed by atoms with Crippen LogP contribution in [0.2, 0.25) is 0 Å². The van der Waals surface area contributed by atoms with E-state index in [0.29, 0.717) is 6.54 Å². The minimum atomic E-state index is -0.134. The van der Waals surface area contributed by atoms with Gasteiger partial charge in [0.2, 0.25) is 5.91 Å². The number of amides is 1. The van der Waals surface area contributed by atoms with Crippen molar-refractivity contribution in [2.45, 2.75) is 32.5 Å². The van der Waals surface area contributed by atoms with E-state index in [4.69, 9.17) is 0 Å². The Labute approximate surface area is 125 Å². The van der Waals surface area contributed by atoms with Crippen molar-refractivity contribution in [2.24, 2.45) is 0 Å². The summed E-state index contributed by atoms with van der Waals surface area (Å²) in [5.74, 6) is 0.0741. The lowest BCUT2D eigenvalue weighted by Gasteiger charge is -2.25. The third-order valence-corrected chi connectivity index (χ3v) is 3.99. The van der Waals surface area contributed by atoms with Crippen LogP contribution in [0.1, 0.15) is 22.3 Å².